The molecule has 0 unspecified atom stereocenters. The number of hydrogen-bond acceptors (Lipinski definition) is 4. The molecule has 0 saturated heterocycles. The lowest BCUT2D eigenvalue weighted by atomic mass is 10.1. The Labute approximate surface area is 125 Å². The van der Waals surface area contributed by atoms with Crippen LogP contribution in [-0.2, 0) is 6.42 Å². The molecule has 4 heteroatoms. The summed E-state index contributed by atoms with van der Waals surface area (Å²) in [5, 5.41) is 0. The number of rotatable bonds is 5. The van der Waals surface area contributed by atoms with Crippen LogP contribution in [0.15, 0.2) is 24.4 Å². The van der Waals surface area contributed by atoms with Gasteiger partial charge in [-0.1, -0.05) is 0 Å². The first-order chi connectivity index (χ1) is 10.1. The van der Waals surface area contributed by atoms with E-state index in [9.17, 15) is 0 Å². The molecule has 0 spiro atoms. The van der Waals surface area contributed by atoms with E-state index in [4.69, 9.17) is 14.2 Å². The van der Waals surface area contributed by atoms with Crippen molar-refractivity contribution in [3.63, 3.8) is 0 Å². The monoisotopic (exact) mass is 287 g/mol. The van der Waals surface area contributed by atoms with E-state index in [0.29, 0.717) is 17.2 Å². The number of nitrogens with zero attached hydrogens (tertiary/aromatic N) is 1. The number of hydrogen-bond donors (Lipinski definition) is 0. The second kappa shape index (κ2) is 6.48. The Bertz CT molecular complexity index is 613. The predicted octanol–water partition coefficient (Wildman–Crippen LogP) is 3.32. The van der Waals surface area contributed by atoms with Crippen LogP contribution < -0.4 is 14.2 Å². The lowest BCUT2D eigenvalue weighted by Gasteiger charge is -2.14. The lowest BCUT2D eigenvalue weighted by molar-refractivity contribution is 0.324. The fourth-order valence-electron chi connectivity index (χ4n) is 2.23. The van der Waals surface area contributed by atoms with E-state index in [2.05, 4.69) is 24.9 Å². The van der Waals surface area contributed by atoms with Gasteiger partial charge in [-0.2, -0.15) is 0 Å². The van der Waals surface area contributed by atoms with E-state index in [1.807, 2.05) is 18.3 Å². The molecule has 0 aliphatic rings. The Morgan fingerprint density at radius 3 is 1.95 bits per heavy atom. The zero-order valence-electron chi connectivity index (χ0n) is 13.2. The number of methoxy groups -OCH3 is 3. The third kappa shape index (κ3) is 3.27. The normalized spacial score (nSPS) is 10.3. The molecular weight excluding hydrogens is 266 g/mol. The summed E-state index contributed by atoms with van der Waals surface area (Å²) in [5.41, 5.74) is 4.53. The molecule has 4 nitrogen and oxygen atoms in total. The van der Waals surface area contributed by atoms with Gasteiger partial charge in [0.15, 0.2) is 11.5 Å². The zero-order chi connectivity index (χ0) is 15.4. The number of benzene rings is 1. The van der Waals surface area contributed by atoms with Crippen LogP contribution in [0.4, 0.5) is 0 Å². The van der Waals surface area contributed by atoms with E-state index in [-0.39, 0.29) is 0 Å². The minimum Gasteiger partial charge on any atom is -0.493 e. The van der Waals surface area contributed by atoms with Crippen LogP contribution in [0.1, 0.15) is 22.4 Å². The lowest BCUT2D eigenvalue weighted by Crippen LogP contribution is -1.99. The van der Waals surface area contributed by atoms with Crippen molar-refractivity contribution in [2.45, 2.75) is 20.3 Å². The summed E-state index contributed by atoms with van der Waals surface area (Å²) >= 11 is 0. The minimum atomic E-state index is 0.608. The van der Waals surface area contributed by atoms with Gasteiger partial charge in [0.1, 0.15) is 0 Å². The molecular formula is C17H21NO3. The summed E-state index contributed by atoms with van der Waals surface area (Å²) < 4.78 is 16.1. The molecule has 2 aromatic rings. The highest BCUT2D eigenvalue weighted by molar-refractivity contribution is 5.54. The Morgan fingerprint density at radius 1 is 0.857 bits per heavy atom. The Balaban J connectivity index is 2.37. The largest absolute Gasteiger partial charge is 0.493 e. The second-order valence-corrected chi connectivity index (χ2v) is 4.97. The first kappa shape index (κ1) is 15.2. The van der Waals surface area contributed by atoms with Crippen LogP contribution in [0.25, 0.3) is 0 Å². The highest BCUT2D eigenvalue weighted by Gasteiger charge is 2.13. The highest BCUT2D eigenvalue weighted by Crippen LogP contribution is 2.38. The molecule has 112 valence electrons. The van der Waals surface area contributed by atoms with Crippen molar-refractivity contribution in [3.05, 3.63) is 46.8 Å². The maximum atomic E-state index is 5.37. The van der Waals surface area contributed by atoms with Gasteiger partial charge in [-0.05, 0) is 48.7 Å². The molecule has 1 heterocycles. The molecule has 0 amide bonds. The first-order valence-corrected chi connectivity index (χ1v) is 6.80. The van der Waals surface area contributed by atoms with Gasteiger partial charge in [0.05, 0.1) is 21.3 Å². The summed E-state index contributed by atoms with van der Waals surface area (Å²) in [7, 11) is 4.84. The molecule has 2 rings (SSSR count). The molecule has 0 saturated carbocycles. The van der Waals surface area contributed by atoms with Crippen LogP contribution in [0, 0.1) is 13.8 Å². The zero-order valence-corrected chi connectivity index (χ0v) is 13.2. The number of pyridine rings is 1. The molecule has 1 aromatic heterocycles. The molecule has 0 aliphatic carbocycles. The van der Waals surface area contributed by atoms with Crippen LogP contribution in [0.2, 0.25) is 0 Å². The summed E-state index contributed by atoms with van der Waals surface area (Å²) in [6.07, 6.45) is 2.63. The fraction of sp³-hybridized carbons (Fsp3) is 0.353. The number of aromatic nitrogens is 1. The Kier molecular flexibility index (Phi) is 4.68. The molecule has 0 atom stereocenters. The molecule has 1 aromatic carbocycles. The SMILES string of the molecule is COc1cc(Cc2cc(C)c(C)cn2)cc(OC)c1OC. The highest BCUT2D eigenvalue weighted by atomic mass is 16.5. The number of ether oxygens (including phenoxy) is 3. The van der Waals surface area contributed by atoms with E-state index >= 15 is 0 Å². The van der Waals surface area contributed by atoms with Crippen molar-refractivity contribution in [3.8, 4) is 17.2 Å². The van der Waals surface area contributed by atoms with Gasteiger partial charge in [0.25, 0.3) is 0 Å². The van der Waals surface area contributed by atoms with Crippen molar-refractivity contribution in [2.24, 2.45) is 0 Å². The summed E-state index contributed by atoms with van der Waals surface area (Å²) in [4.78, 5) is 4.48. The van der Waals surface area contributed by atoms with Crippen LogP contribution in [-0.4, -0.2) is 26.3 Å². The van der Waals surface area contributed by atoms with Gasteiger partial charge in [0.2, 0.25) is 5.75 Å². The summed E-state index contributed by atoms with van der Waals surface area (Å²) in [6, 6.07) is 6.02. The summed E-state index contributed by atoms with van der Waals surface area (Å²) in [5.74, 6) is 1.93. The molecule has 0 N–H and O–H groups in total. The molecule has 0 aliphatic heterocycles. The van der Waals surface area contributed by atoms with Crippen molar-refractivity contribution in [2.75, 3.05) is 21.3 Å². The minimum absolute atomic E-state index is 0.608. The first-order valence-electron chi connectivity index (χ1n) is 6.80. The van der Waals surface area contributed by atoms with E-state index < -0.39 is 0 Å². The van der Waals surface area contributed by atoms with Crippen molar-refractivity contribution in [1.82, 2.24) is 4.98 Å². The van der Waals surface area contributed by atoms with Crippen LogP contribution in [0.3, 0.4) is 0 Å². The Hall–Kier alpha value is -2.23. The van der Waals surface area contributed by atoms with Gasteiger partial charge < -0.3 is 14.2 Å². The molecule has 0 fully saturated rings. The quantitative estimate of drug-likeness (QED) is 0.846. The average molecular weight is 287 g/mol. The van der Waals surface area contributed by atoms with Crippen LogP contribution >= 0.6 is 0 Å². The van der Waals surface area contributed by atoms with Crippen molar-refractivity contribution >= 4 is 0 Å². The molecule has 21 heavy (non-hydrogen) atoms. The third-order valence-corrected chi connectivity index (χ3v) is 3.54. The maximum absolute atomic E-state index is 5.37. The van der Waals surface area contributed by atoms with E-state index in [1.165, 1.54) is 11.1 Å². The van der Waals surface area contributed by atoms with Gasteiger partial charge in [-0.25, -0.2) is 0 Å². The van der Waals surface area contributed by atoms with Crippen LogP contribution in [0.5, 0.6) is 17.2 Å². The van der Waals surface area contributed by atoms with E-state index in [0.717, 1.165) is 17.7 Å². The molecule has 0 radical (unpaired) electrons. The van der Waals surface area contributed by atoms with Gasteiger partial charge >= 0.3 is 0 Å². The fourth-order valence-corrected chi connectivity index (χ4v) is 2.23. The smallest absolute Gasteiger partial charge is 0.203 e. The topological polar surface area (TPSA) is 40.6 Å². The number of aryl methyl sites for hydroxylation is 2. The maximum Gasteiger partial charge on any atom is 0.203 e. The predicted molar refractivity (Wildman–Crippen MR) is 82.6 cm³/mol. The van der Waals surface area contributed by atoms with Gasteiger partial charge in [-0.3, -0.25) is 4.98 Å². The van der Waals surface area contributed by atoms with Crippen molar-refractivity contribution < 1.29 is 14.2 Å². The third-order valence-electron chi connectivity index (χ3n) is 3.54. The van der Waals surface area contributed by atoms with Gasteiger partial charge in [-0.15, -0.1) is 0 Å². The standard InChI is InChI=1S/C17H21NO3/c1-11-6-14(18-10-12(11)2)7-13-8-15(19-3)17(21-5)16(9-13)20-4/h6,8-10H,7H2,1-5H3. The Morgan fingerprint density at radius 2 is 1.48 bits per heavy atom. The van der Waals surface area contributed by atoms with E-state index in [1.54, 1.807) is 21.3 Å². The average Bonchev–Trinajstić information content (AvgIpc) is 2.49. The summed E-state index contributed by atoms with van der Waals surface area (Å²) in [6.45, 7) is 4.15. The molecule has 0 bridgehead atoms. The van der Waals surface area contributed by atoms with Crippen molar-refractivity contribution in [1.29, 1.82) is 0 Å². The second-order valence-electron chi connectivity index (χ2n) is 4.97. The van der Waals surface area contributed by atoms with Gasteiger partial charge in [0, 0.05) is 18.3 Å².